The van der Waals surface area contributed by atoms with Gasteiger partial charge in [0.05, 0.1) is 24.3 Å². The highest BCUT2D eigenvalue weighted by Crippen LogP contribution is 2.60. The summed E-state index contributed by atoms with van der Waals surface area (Å²) in [6.45, 7) is 4.47. The Hall–Kier alpha value is -3.33. The summed E-state index contributed by atoms with van der Waals surface area (Å²) in [7, 11) is 0. The van der Waals surface area contributed by atoms with Crippen molar-refractivity contribution >= 4 is 22.8 Å². The van der Waals surface area contributed by atoms with Crippen LogP contribution in [0.15, 0.2) is 41.3 Å². The average Bonchev–Trinajstić information content (AvgIpc) is 3.17. The highest BCUT2D eigenvalue weighted by molar-refractivity contribution is 5.97. The van der Waals surface area contributed by atoms with Gasteiger partial charge in [-0.05, 0) is 87.0 Å². The van der Waals surface area contributed by atoms with Gasteiger partial charge in [0, 0.05) is 30.9 Å². The molecule has 9 heteroatoms. The summed E-state index contributed by atoms with van der Waals surface area (Å²) in [4.78, 5) is 34.2. The molecule has 1 amide bonds. The number of pyridine rings is 2. The number of anilines is 1. The molecule has 3 aliphatic carbocycles. The van der Waals surface area contributed by atoms with E-state index in [0.717, 1.165) is 36.8 Å². The third kappa shape index (κ3) is 4.22. The van der Waals surface area contributed by atoms with Crippen LogP contribution in [0.25, 0.3) is 16.7 Å². The van der Waals surface area contributed by atoms with Gasteiger partial charge in [0.1, 0.15) is 23.0 Å². The number of nitrogens with one attached hydrogen (secondary N) is 1. The maximum Gasteiger partial charge on any atom is 0.257 e. The van der Waals surface area contributed by atoms with E-state index in [9.17, 15) is 14.0 Å². The van der Waals surface area contributed by atoms with Crippen LogP contribution in [0.4, 0.5) is 14.6 Å². The fourth-order valence-electron chi connectivity index (χ4n) is 7.82. The molecule has 3 aromatic rings. The number of benzene rings is 1. The summed E-state index contributed by atoms with van der Waals surface area (Å²) in [6.07, 6.45) is 6.88. The number of rotatable bonds is 4. The van der Waals surface area contributed by atoms with Crippen molar-refractivity contribution in [1.82, 2.24) is 14.9 Å². The average molecular weight is 535 g/mol. The second-order valence-electron chi connectivity index (χ2n) is 12.2. The fraction of sp³-hybridized carbons (Fsp3) is 0.500. The first kappa shape index (κ1) is 24.7. The minimum absolute atomic E-state index is 0.0144. The fourth-order valence-corrected chi connectivity index (χ4v) is 7.82. The van der Waals surface area contributed by atoms with Gasteiger partial charge in [-0.15, -0.1) is 0 Å². The van der Waals surface area contributed by atoms with E-state index in [-0.39, 0.29) is 22.3 Å². The van der Waals surface area contributed by atoms with Crippen LogP contribution < -0.4 is 15.6 Å². The minimum atomic E-state index is -0.809. The highest BCUT2D eigenvalue weighted by Gasteiger charge is 2.53. The lowest BCUT2D eigenvalue weighted by atomic mass is 9.62. The van der Waals surface area contributed by atoms with Gasteiger partial charge in [0.2, 0.25) is 5.43 Å². The van der Waals surface area contributed by atoms with Gasteiger partial charge < -0.3 is 15.0 Å². The summed E-state index contributed by atoms with van der Waals surface area (Å²) < 4.78 is 35.7. The summed E-state index contributed by atoms with van der Waals surface area (Å²) in [5.41, 5.74) is -0.706. The van der Waals surface area contributed by atoms with Crippen LogP contribution in [-0.4, -0.2) is 47.3 Å². The van der Waals surface area contributed by atoms with E-state index < -0.39 is 28.5 Å². The minimum Gasteiger partial charge on any atom is -0.378 e. The van der Waals surface area contributed by atoms with Gasteiger partial charge in [0.15, 0.2) is 5.65 Å². The second-order valence-corrected chi connectivity index (χ2v) is 12.2. The number of hydrogen-bond donors (Lipinski definition) is 1. The van der Waals surface area contributed by atoms with Gasteiger partial charge in [-0.3, -0.25) is 14.2 Å². The van der Waals surface area contributed by atoms with E-state index in [4.69, 9.17) is 9.72 Å². The van der Waals surface area contributed by atoms with Crippen molar-refractivity contribution in [3.05, 3.63) is 63.9 Å². The summed E-state index contributed by atoms with van der Waals surface area (Å²) >= 11 is 0. The Morgan fingerprint density at radius 3 is 2.69 bits per heavy atom. The Kier molecular flexibility index (Phi) is 5.77. The lowest BCUT2D eigenvalue weighted by Gasteiger charge is -2.46. The zero-order valence-electron chi connectivity index (χ0n) is 22.0. The Bertz CT molecular complexity index is 1530. The molecule has 204 valence electrons. The molecule has 5 unspecified atom stereocenters. The van der Waals surface area contributed by atoms with Crippen LogP contribution in [0, 0.1) is 35.3 Å². The third-order valence-corrected chi connectivity index (χ3v) is 9.51. The van der Waals surface area contributed by atoms with Crippen LogP contribution in [-0.2, 0) is 4.74 Å². The number of fused-ring (bicyclic) bond motifs is 2. The quantitative estimate of drug-likeness (QED) is 0.536. The lowest BCUT2D eigenvalue weighted by Crippen LogP contribution is -2.51. The molecule has 3 saturated carbocycles. The Morgan fingerprint density at radius 1 is 1.08 bits per heavy atom. The van der Waals surface area contributed by atoms with Crippen molar-refractivity contribution in [2.75, 3.05) is 31.2 Å². The molecule has 7 rings (SSSR count). The second kappa shape index (κ2) is 9.11. The van der Waals surface area contributed by atoms with E-state index in [1.807, 2.05) is 4.90 Å². The first-order valence-corrected chi connectivity index (χ1v) is 13.9. The van der Waals surface area contributed by atoms with Gasteiger partial charge in [-0.1, -0.05) is 0 Å². The number of ether oxygens (including phenoxy) is 1. The molecule has 0 radical (unpaired) electrons. The Morgan fingerprint density at radius 2 is 1.90 bits per heavy atom. The smallest absolute Gasteiger partial charge is 0.257 e. The molecule has 39 heavy (non-hydrogen) atoms. The van der Waals surface area contributed by atoms with Gasteiger partial charge >= 0.3 is 0 Å². The number of hydrogen-bond acceptors (Lipinski definition) is 5. The molecule has 2 aromatic heterocycles. The van der Waals surface area contributed by atoms with Crippen LogP contribution in [0.1, 0.15) is 49.4 Å². The van der Waals surface area contributed by atoms with Crippen molar-refractivity contribution < 1.29 is 18.3 Å². The first-order valence-electron chi connectivity index (χ1n) is 13.9. The molecule has 1 aliphatic heterocycles. The number of morpholine rings is 1. The van der Waals surface area contributed by atoms with Gasteiger partial charge in [0.25, 0.3) is 5.91 Å². The number of carbonyl (C=O) groups excluding carboxylic acids is 1. The molecule has 5 atom stereocenters. The van der Waals surface area contributed by atoms with Crippen molar-refractivity contribution in [3.8, 4) is 5.69 Å². The molecule has 4 aliphatic rings. The van der Waals surface area contributed by atoms with Gasteiger partial charge in [-0.2, -0.15) is 0 Å². The monoisotopic (exact) mass is 534 g/mol. The van der Waals surface area contributed by atoms with Crippen molar-refractivity contribution in [2.45, 2.75) is 44.6 Å². The molecular weight excluding hydrogens is 502 g/mol. The Balaban J connectivity index is 1.31. The van der Waals surface area contributed by atoms with Crippen LogP contribution in [0.2, 0.25) is 0 Å². The van der Waals surface area contributed by atoms with Crippen molar-refractivity contribution in [2.24, 2.45) is 23.7 Å². The van der Waals surface area contributed by atoms with E-state index in [0.29, 0.717) is 44.0 Å². The molecule has 1 N–H and O–H groups in total. The number of aromatic nitrogens is 2. The van der Waals surface area contributed by atoms with Crippen LogP contribution in [0.3, 0.4) is 0 Å². The van der Waals surface area contributed by atoms with Crippen molar-refractivity contribution in [1.29, 1.82) is 0 Å². The van der Waals surface area contributed by atoms with E-state index >= 15 is 4.39 Å². The maximum absolute atomic E-state index is 15.1. The molecule has 7 nitrogen and oxygen atoms in total. The standard InChI is InChI=1S/C30H32F2N4O3/c1-30(14-17-10-18-12-19(15-30)22(18)11-17)34-29(38)23-16-36(25-4-2-20(31)13-24(25)32)28-21(27(23)37)3-5-26(33-28)35-6-8-39-9-7-35/h2-5,13,16-19,22H,6-12,14-15H2,1H3,(H,34,38). The molecule has 1 aromatic carbocycles. The molecule has 1 saturated heterocycles. The van der Waals surface area contributed by atoms with E-state index in [1.165, 1.54) is 36.1 Å². The predicted molar refractivity (Wildman–Crippen MR) is 143 cm³/mol. The molecule has 0 spiro atoms. The zero-order chi connectivity index (χ0) is 26.9. The molecule has 3 heterocycles. The third-order valence-electron chi connectivity index (χ3n) is 9.51. The number of halogens is 2. The van der Waals surface area contributed by atoms with Gasteiger partial charge in [-0.25, -0.2) is 13.8 Å². The van der Waals surface area contributed by atoms with E-state index in [2.05, 4.69) is 12.2 Å². The van der Waals surface area contributed by atoms with Crippen LogP contribution >= 0.6 is 0 Å². The largest absolute Gasteiger partial charge is 0.378 e. The highest BCUT2D eigenvalue weighted by atomic mass is 19.1. The predicted octanol–water partition coefficient (Wildman–Crippen LogP) is 4.45. The number of amides is 1. The molecular formula is C30H32F2N4O3. The maximum atomic E-state index is 15.1. The number of nitrogens with zero attached hydrogens (tertiary/aromatic N) is 3. The SMILES string of the molecule is CC1(NC(=O)c2cn(-c3ccc(F)cc3F)c3nc(N4CCOCC4)ccc3c2=O)CC2CC3CC(C1)C3C2. The van der Waals surface area contributed by atoms with Crippen molar-refractivity contribution in [3.63, 3.8) is 0 Å². The molecule has 2 bridgehead atoms. The first-order chi connectivity index (χ1) is 18.8. The normalized spacial score (nSPS) is 29.7. The lowest BCUT2D eigenvalue weighted by molar-refractivity contribution is 0.0570. The zero-order valence-corrected chi connectivity index (χ0v) is 22.0. The number of carbonyl (C=O) groups is 1. The summed E-state index contributed by atoms with van der Waals surface area (Å²) in [5, 5.41) is 3.42. The van der Waals surface area contributed by atoms with Crippen LogP contribution in [0.5, 0.6) is 0 Å². The Labute approximate surface area is 225 Å². The van der Waals surface area contributed by atoms with E-state index in [1.54, 1.807) is 12.1 Å². The molecule has 4 fully saturated rings. The summed E-state index contributed by atoms with van der Waals surface area (Å²) in [5.74, 6) is 1.49. The summed E-state index contributed by atoms with van der Waals surface area (Å²) in [6, 6.07) is 6.64. The topological polar surface area (TPSA) is 76.5 Å².